The second kappa shape index (κ2) is 9.92. The van der Waals surface area contributed by atoms with Crippen molar-refractivity contribution < 1.29 is 13.4 Å². The maximum Gasteiger partial charge on any atom is 0.255 e. The van der Waals surface area contributed by atoms with E-state index < -0.39 is 17.5 Å². The van der Waals surface area contributed by atoms with Crippen LogP contribution in [0.5, 0.6) is 0 Å². The van der Waals surface area contributed by atoms with Gasteiger partial charge in [-0.3, -0.25) is 9.00 Å². The van der Waals surface area contributed by atoms with Gasteiger partial charge in [0.15, 0.2) is 5.82 Å². The van der Waals surface area contributed by atoms with Gasteiger partial charge in [-0.2, -0.15) is 9.78 Å². The minimum Gasteiger partial charge on any atom is -0.340 e. The lowest BCUT2D eigenvalue weighted by Gasteiger charge is -2.14. The summed E-state index contributed by atoms with van der Waals surface area (Å²) in [5, 5.41) is 11.1. The van der Waals surface area contributed by atoms with Gasteiger partial charge < -0.3 is 10.6 Å². The van der Waals surface area contributed by atoms with Gasteiger partial charge in [0.05, 0.1) is 16.5 Å². The highest BCUT2D eigenvalue weighted by atomic mass is 32.2. The lowest BCUT2D eigenvalue weighted by molar-refractivity contribution is 0.102. The van der Waals surface area contributed by atoms with E-state index in [1.165, 1.54) is 12.4 Å². The number of aromatic nitrogens is 4. The summed E-state index contributed by atoms with van der Waals surface area (Å²) in [6, 6.07) is 15.4. The van der Waals surface area contributed by atoms with Crippen LogP contribution in [0.15, 0.2) is 66.0 Å². The number of benzene rings is 2. The van der Waals surface area contributed by atoms with Crippen LogP contribution in [-0.4, -0.2) is 36.1 Å². The van der Waals surface area contributed by atoms with Crippen molar-refractivity contribution in [3.05, 3.63) is 83.3 Å². The molecule has 2 aromatic heterocycles. The minimum absolute atomic E-state index is 0.327. The van der Waals surface area contributed by atoms with Gasteiger partial charge in [0.25, 0.3) is 5.91 Å². The molecular formula is C24H23FN6O2S. The third kappa shape index (κ3) is 5.18. The fourth-order valence-corrected chi connectivity index (χ4v) is 3.80. The molecule has 0 aliphatic heterocycles. The molecule has 0 saturated heterocycles. The predicted octanol–water partition coefficient (Wildman–Crippen LogP) is 4.48. The molecule has 4 rings (SSSR count). The molecule has 174 valence electrons. The molecule has 34 heavy (non-hydrogen) atoms. The van der Waals surface area contributed by atoms with Crippen molar-refractivity contribution in [2.75, 3.05) is 16.9 Å². The third-order valence-corrected chi connectivity index (χ3v) is 5.88. The Labute approximate surface area is 198 Å². The molecule has 1 atom stereocenters. The monoisotopic (exact) mass is 478 g/mol. The fourth-order valence-electron chi connectivity index (χ4n) is 3.34. The Balaban J connectivity index is 1.61. The van der Waals surface area contributed by atoms with Crippen LogP contribution >= 0.6 is 0 Å². The Kier molecular flexibility index (Phi) is 6.78. The zero-order chi connectivity index (χ0) is 24.2. The first-order chi connectivity index (χ1) is 16.3. The standard InChI is InChI=1S/C24H23FN6O2S/c1-15-7-8-19(28-24(32)18-6-4-5-17(10-18)13-25)11-20(15)29-22-9-16(2)30-31(22)21-12-23(34(3)33)27-14-26-21/h4-12,14,29H,13H2,1-3H3,(H,28,32). The minimum atomic E-state index is -1.26. The third-order valence-electron chi connectivity index (χ3n) is 5.07. The normalized spacial score (nSPS) is 11.8. The van der Waals surface area contributed by atoms with E-state index in [0.717, 1.165) is 16.9 Å². The SMILES string of the molecule is Cc1cc(Nc2cc(NC(=O)c3cccc(CF)c3)ccc2C)n(-c2cc(S(C)=O)ncn2)n1. The van der Waals surface area contributed by atoms with Crippen molar-refractivity contribution in [3.8, 4) is 5.82 Å². The van der Waals surface area contributed by atoms with Gasteiger partial charge in [-0.15, -0.1) is 0 Å². The summed E-state index contributed by atoms with van der Waals surface area (Å²) >= 11 is 0. The maximum absolute atomic E-state index is 12.9. The summed E-state index contributed by atoms with van der Waals surface area (Å²) in [5.41, 5.74) is 3.87. The van der Waals surface area contributed by atoms with E-state index in [2.05, 4.69) is 25.7 Å². The van der Waals surface area contributed by atoms with Gasteiger partial charge in [0, 0.05) is 35.3 Å². The zero-order valence-electron chi connectivity index (χ0n) is 18.9. The number of halogens is 1. The van der Waals surface area contributed by atoms with Crippen LogP contribution in [0.2, 0.25) is 0 Å². The Morgan fingerprint density at radius 3 is 2.68 bits per heavy atom. The van der Waals surface area contributed by atoms with Gasteiger partial charge >= 0.3 is 0 Å². The largest absolute Gasteiger partial charge is 0.340 e. The molecule has 10 heteroatoms. The summed E-state index contributed by atoms with van der Waals surface area (Å²) in [4.78, 5) is 21.0. The molecule has 2 aromatic carbocycles. The first-order valence-electron chi connectivity index (χ1n) is 10.4. The Hall–Kier alpha value is -3.92. The number of rotatable bonds is 7. The topological polar surface area (TPSA) is 102 Å². The molecular weight excluding hydrogens is 455 g/mol. The van der Waals surface area contributed by atoms with Crippen molar-refractivity contribution in [1.82, 2.24) is 19.7 Å². The number of nitrogens with one attached hydrogen (secondary N) is 2. The van der Waals surface area contributed by atoms with Crippen LogP contribution in [0.1, 0.15) is 27.2 Å². The fraction of sp³-hybridized carbons (Fsp3) is 0.167. The molecule has 4 aromatic rings. The number of aryl methyl sites for hydroxylation is 2. The number of carbonyl (C=O) groups is 1. The summed E-state index contributed by atoms with van der Waals surface area (Å²) in [7, 11) is -1.26. The van der Waals surface area contributed by atoms with Crippen LogP contribution in [0.3, 0.4) is 0 Å². The van der Waals surface area contributed by atoms with Gasteiger partial charge in [-0.25, -0.2) is 14.4 Å². The van der Waals surface area contributed by atoms with Crippen LogP contribution in [0.25, 0.3) is 5.82 Å². The van der Waals surface area contributed by atoms with Gasteiger partial charge in [-0.1, -0.05) is 18.2 Å². The number of nitrogens with zero attached hydrogens (tertiary/aromatic N) is 4. The second-order valence-corrected chi connectivity index (χ2v) is 9.02. The van der Waals surface area contributed by atoms with E-state index >= 15 is 0 Å². The summed E-state index contributed by atoms with van der Waals surface area (Å²) in [5.74, 6) is 0.795. The number of hydrogen-bond acceptors (Lipinski definition) is 6. The van der Waals surface area contributed by atoms with Gasteiger partial charge in [-0.05, 0) is 49.2 Å². The van der Waals surface area contributed by atoms with Crippen LogP contribution in [-0.2, 0) is 17.5 Å². The molecule has 1 amide bonds. The number of alkyl halides is 1. The molecule has 0 radical (unpaired) electrons. The van der Waals surface area contributed by atoms with Crippen LogP contribution in [0, 0.1) is 13.8 Å². The molecule has 0 aliphatic carbocycles. The molecule has 0 bridgehead atoms. The Morgan fingerprint density at radius 2 is 1.91 bits per heavy atom. The smallest absolute Gasteiger partial charge is 0.255 e. The molecule has 0 saturated carbocycles. The summed E-state index contributed by atoms with van der Waals surface area (Å²) < 4.78 is 26.4. The van der Waals surface area contributed by atoms with Crippen molar-refractivity contribution in [3.63, 3.8) is 0 Å². The quantitative estimate of drug-likeness (QED) is 0.380. The molecule has 8 nitrogen and oxygen atoms in total. The summed E-state index contributed by atoms with van der Waals surface area (Å²) in [6.07, 6.45) is 2.91. The molecule has 2 N–H and O–H groups in total. The van der Waals surface area contributed by atoms with E-state index in [1.807, 2.05) is 32.0 Å². The predicted molar refractivity (Wildman–Crippen MR) is 130 cm³/mol. The summed E-state index contributed by atoms with van der Waals surface area (Å²) in [6.45, 7) is 3.17. The van der Waals surface area contributed by atoms with Gasteiger partial charge in [0.2, 0.25) is 0 Å². The van der Waals surface area contributed by atoms with Crippen molar-refractivity contribution in [2.24, 2.45) is 0 Å². The highest BCUT2D eigenvalue weighted by Crippen LogP contribution is 2.26. The lowest BCUT2D eigenvalue weighted by Crippen LogP contribution is -2.12. The average molecular weight is 479 g/mol. The highest BCUT2D eigenvalue weighted by Gasteiger charge is 2.13. The molecule has 0 fully saturated rings. The van der Waals surface area contributed by atoms with Crippen molar-refractivity contribution in [1.29, 1.82) is 0 Å². The van der Waals surface area contributed by atoms with Crippen LogP contribution < -0.4 is 10.6 Å². The van der Waals surface area contributed by atoms with Crippen molar-refractivity contribution in [2.45, 2.75) is 25.5 Å². The first kappa shape index (κ1) is 23.2. The molecule has 0 spiro atoms. The molecule has 1 unspecified atom stereocenters. The average Bonchev–Trinajstić information content (AvgIpc) is 3.21. The van der Waals surface area contributed by atoms with Gasteiger partial charge in [0.1, 0.15) is 23.8 Å². The number of amides is 1. The van der Waals surface area contributed by atoms with Crippen LogP contribution in [0.4, 0.5) is 21.6 Å². The number of hydrogen-bond donors (Lipinski definition) is 2. The number of anilines is 3. The molecule has 0 aliphatic rings. The molecule has 2 heterocycles. The number of carbonyl (C=O) groups excluding carboxylic acids is 1. The van der Waals surface area contributed by atoms with Crippen molar-refractivity contribution >= 4 is 33.9 Å². The van der Waals surface area contributed by atoms with E-state index in [-0.39, 0.29) is 5.91 Å². The second-order valence-electron chi connectivity index (χ2n) is 7.69. The lowest BCUT2D eigenvalue weighted by atomic mass is 10.1. The Bertz CT molecular complexity index is 1390. The highest BCUT2D eigenvalue weighted by molar-refractivity contribution is 7.84. The Morgan fingerprint density at radius 1 is 1.09 bits per heavy atom. The zero-order valence-corrected chi connectivity index (χ0v) is 19.7. The van der Waals surface area contributed by atoms with E-state index in [0.29, 0.717) is 33.5 Å². The van der Waals surface area contributed by atoms with E-state index in [1.54, 1.807) is 41.3 Å². The van der Waals surface area contributed by atoms with E-state index in [9.17, 15) is 13.4 Å². The first-order valence-corrected chi connectivity index (χ1v) is 12.0. The maximum atomic E-state index is 12.9. The van der Waals surface area contributed by atoms with E-state index in [4.69, 9.17) is 0 Å².